The predicted octanol–water partition coefficient (Wildman–Crippen LogP) is 19.8. The number of carbonyl (C=O) groups is 3. The Morgan fingerprint density at radius 3 is 0.931 bits per heavy atom. The Kier molecular flexibility index (Phi) is 55.5. The number of carbonyl (C=O) groups excluding carboxylic acids is 3. The Hall–Kier alpha value is -4.45. The van der Waals surface area contributed by atoms with Gasteiger partial charge < -0.3 is 14.2 Å². The van der Waals surface area contributed by atoms with Gasteiger partial charge in [-0.2, -0.15) is 0 Å². The molecular weight excluding hydrogens is 889 g/mol. The minimum Gasteiger partial charge on any atom is -0.462 e. The molecule has 0 aromatic carbocycles. The van der Waals surface area contributed by atoms with Crippen molar-refractivity contribution in [2.45, 2.75) is 252 Å². The second-order valence-electron chi connectivity index (χ2n) is 18.8. The van der Waals surface area contributed by atoms with Gasteiger partial charge in [0.05, 0.1) is 6.42 Å². The summed E-state index contributed by atoms with van der Waals surface area (Å²) >= 11 is 0. The molecule has 0 aromatic rings. The van der Waals surface area contributed by atoms with E-state index in [4.69, 9.17) is 14.2 Å². The van der Waals surface area contributed by atoms with Gasteiger partial charge in [0, 0.05) is 12.8 Å². The SMILES string of the molecule is CC/C=C\C/C=C\C/C=C\C/C=C\C/C=C\CCCCCCCCCCCC(=O)OCC(COC(=O)CCCCCCC/C=C\CCCCCCC)OC(=O)C/C=C\C/C=C\C/C=C\C/C=C\C/C=C\CC. The van der Waals surface area contributed by atoms with Gasteiger partial charge in [-0.15, -0.1) is 0 Å². The average Bonchev–Trinajstić information content (AvgIpc) is 3.38. The standard InChI is InChI=1S/C66H106O6/c1-4-7-10-13-16-19-22-25-28-29-30-31-32-33-34-35-36-37-39-41-44-47-50-53-56-59-65(68)71-62-63(61-70-64(67)58-55-52-49-46-43-40-27-24-21-18-15-12-9-6-3)72-66(69)60-57-54-51-48-45-42-38-26-23-20-17-14-11-8-5-2/h7-8,10-11,16-17,19-20,24-28,30-31,33-34,38,45,48,54,57,63H,4-6,9,12-15,18,21-23,29,32,35-37,39-44,46-47,49-53,55-56,58-62H2,1-3H3/b10-7-,11-8-,19-16-,20-17-,27-24-,28-25-,31-30-,34-33-,38-26-,48-45-,57-54-. The highest BCUT2D eigenvalue weighted by molar-refractivity contribution is 5.72. The Morgan fingerprint density at radius 1 is 0.306 bits per heavy atom. The van der Waals surface area contributed by atoms with Crippen molar-refractivity contribution in [2.24, 2.45) is 0 Å². The molecule has 0 aromatic heterocycles. The fraction of sp³-hybridized carbons (Fsp3) is 0.621. The van der Waals surface area contributed by atoms with E-state index in [-0.39, 0.29) is 31.6 Å². The molecule has 0 bridgehead atoms. The van der Waals surface area contributed by atoms with E-state index in [9.17, 15) is 14.4 Å². The van der Waals surface area contributed by atoms with Gasteiger partial charge in [-0.1, -0.05) is 244 Å². The highest BCUT2D eigenvalue weighted by atomic mass is 16.6. The zero-order chi connectivity index (χ0) is 52.2. The minimum absolute atomic E-state index is 0.0891. The van der Waals surface area contributed by atoms with Crippen molar-refractivity contribution in [3.05, 3.63) is 134 Å². The summed E-state index contributed by atoms with van der Waals surface area (Å²) in [5.74, 6) is -1.07. The number of rotatable bonds is 51. The van der Waals surface area contributed by atoms with Gasteiger partial charge in [-0.05, 0) is 116 Å². The van der Waals surface area contributed by atoms with Crippen LogP contribution in [0.3, 0.4) is 0 Å². The first kappa shape index (κ1) is 67.5. The maximum absolute atomic E-state index is 12.8. The predicted molar refractivity (Wildman–Crippen MR) is 311 cm³/mol. The quantitative estimate of drug-likeness (QED) is 0.0261. The van der Waals surface area contributed by atoms with Gasteiger partial charge in [-0.3, -0.25) is 14.4 Å². The van der Waals surface area contributed by atoms with Crippen LogP contribution >= 0.6 is 0 Å². The lowest BCUT2D eigenvalue weighted by Gasteiger charge is -2.18. The largest absolute Gasteiger partial charge is 0.462 e. The molecule has 0 spiro atoms. The smallest absolute Gasteiger partial charge is 0.310 e. The van der Waals surface area contributed by atoms with Crippen molar-refractivity contribution in [3.8, 4) is 0 Å². The summed E-state index contributed by atoms with van der Waals surface area (Å²) in [4.78, 5) is 38.1. The van der Waals surface area contributed by atoms with Crippen LogP contribution in [0.25, 0.3) is 0 Å². The van der Waals surface area contributed by atoms with Crippen molar-refractivity contribution in [2.75, 3.05) is 13.2 Å². The number of hydrogen-bond acceptors (Lipinski definition) is 6. The summed E-state index contributed by atoms with van der Waals surface area (Å²) in [5.41, 5.74) is 0. The molecule has 6 nitrogen and oxygen atoms in total. The van der Waals surface area contributed by atoms with Crippen molar-refractivity contribution in [3.63, 3.8) is 0 Å². The van der Waals surface area contributed by atoms with Gasteiger partial charge in [0.15, 0.2) is 6.10 Å². The van der Waals surface area contributed by atoms with E-state index >= 15 is 0 Å². The molecule has 0 fully saturated rings. The molecule has 406 valence electrons. The van der Waals surface area contributed by atoms with Crippen molar-refractivity contribution in [1.82, 2.24) is 0 Å². The van der Waals surface area contributed by atoms with Crippen LogP contribution in [0, 0.1) is 0 Å². The molecule has 0 heterocycles. The summed E-state index contributed by atoms with van der Waals surface area (Å²) < 4.78 is 16.7. The molecule has 0 aliphatic carbocycles. The van der Waals surface area contributed by atoms with E-state index in [1.807, 2.05) is 6.08 Å². The van der Waals surface area contributed by atoms with Crippen molar-refractivity contribution in [1.29, 1.82) is 0 Å². The van der Waals surface area contributed by atoms with Gasteiger partial charge in [-0.25, -0.2) is 0 Å². The molecule has 1 unspecified atom stereocenters. The first-order valence-corrected chi connectivity index (χ1v) is 29.2. The summed E-state index contributed by atoms with van der Waals surface area (Å²) in [7, 11) is 0. The van der Waals surface area contributed by atoms with Gasteiger partial charge in [0.25, 0.3) is 0 Å². The topological polar surface area (TPSA) is 78.9 Å². The Morgan fingerprint density at radius 2 is 0.583 bits per heavy atom. The first-order valence-electron chi connectivity index (χ1n) is 29.2. The molecule has 0 N–H and O–H groups in total. The zero-order valence-corrected chi connectivity index (χ0v) is 46.4. The van der Waals surface area contributed by atoms with Gasteiger partial charge in [0.2, 0.25) is 0 Å². The van der Waals surface area contributed by atoms with Crippen LogP contribution in [0.5, 0.6) is 0 Å². The average molecular weight is 996 g/mol. The fourth-order valence-electron chi connectivity index (χ4n) is 7.60. The summed E-state index contributed by atoms with van der Waals surface area (Å²) in [6.07, 6.45) is 83.3. The molecule has 0 amide bonds. The third-order valence-corrected chi connectivity index (χ3v) is 11.9. The lowest BCUT2D eigenvalue weighted by atomic mass is 10.1. The maximum atomic E-state index is 12.8. The molecule has 0 saturated heterocycles. The second kappa shape index (κ2) is 59.1. The number of allylic oxidation sites excluding steroid dienone is 21. The van der Waals surface area contributed by atoms with Crippen LogP contribution in [0.2, 0.25) is 0 Å². The molecule has 6 heteroatoms. The van der Waals surface area contributed by atoms with E-state index in [2.05, 4.69) is 142 Å². The molecular formula is C66H106O6. The number of hydrogen-bond donors (Lipinski definition) is 0. The third kappa shape index (κ3) is 56.5. The summed E-state index contributed by atoms with van der Waals surface area (Å²) in [5, 5.41) is 0. The van der Waals surface area contributed by atoms with Crippen molar-refractivity contribution < 1.29 is 28.6 Å². The van der Waals surface area contributed by atoms with Crippen LogP contribution in [0.4, 0.5) is 0 Å². The molecule has 0 aliphatic rings. The Labute approximate surface area is 443 Å². The minimum atomic E-state index is -0.843. The van der Waals surface area contributed by atoms with E-state index in [1.54, 1.807) is 6.08 Å². The van der Waals surface area contributed by atoms with E-state index < -0.39 is 12.1 Å². The molecule has 0 rings (SSSR count). The number of unbranched alkanes of at least 4 members (excludes halogenated alkanes) is 19. The monoisotopic (exact) mass is 995 g/mol. The Bertz CT molecular complexity index is 1560. The Balaban J connectivity index is 4.44. The molecule has 0 aliphatic heterocycles. The lowest BCUT2D eigenvalue weighted by Crippen LogP contribution is -2.30. The highest BCUT2D eigenvalue weighted by Gasteiger charge is 2.19. The molecule has 1 atom stereocenters. The molecule has 72 heavy (non-hydrogen) atoms. The van der Waals surface area contributed by atoms with E-state index in [1.165, 1.54) is 83.5 Å². The van der Waals surface area contributed by atoms with Crippen LogP contribution < -0.4 is 0 Å². The zero-order valence-electron chi connectivity index (χ0n) is 46.4. The number of esters is 3. The maximum Gasteiger partial charge on any atom is 0.310 e. The van der Waals surface area contributed by atoms with Crippen molar-refractivity contribution >= 4 is 17.9 Å². The highest BCUT2D eigenvalue weighted by Crippen LogP contribution is 2.14. The third-order valence-electron chi connectivity index (χ3n) is 11.9. The summed E-state index contributed by atoms with van der Waals surface area (Å²) in [6, 6.07) is 0. The van der Waals surface area contributed by atoms with E-state index in [0.29, 0.717) is 19.3 Å². The molecule has 0 radical (unpaired) electrons. The van der Waals surface area contributed by atoms with Crippen LogP contribution in [-0.2, 0) is 28.6 Å². The summed E-state index contributed by atoms with van der Waals surface area (Å²) in [6.45, 7) is 6.30. The normalized spacial score (nSPS) is 13.1. The number of ether oxygens (including phenoxy) is 3. The van der Waals surface area contributed by atoms with Gasteiger partial charge in [0.1, 0.15) is 13.2 Å². The van der Waals surface area contributed by atoms with E-state index in [0.717, 1.165) is 116 Å². The lowest BCUT2D eigenvalue weighted by molar-refractivity contribution is -0.166. The van der Waals surface area contributed by atoms with Crippen LogP contribution in [0.15, 0.2) is 134 Å². The fourth-order valence-corrected chi connectivity index (χ4v) is 7.60. The second-order valence-corrected chi connectivity index (χ2v) is 18.8. The first-order chi connectivity index (χ1) is 35.5. The van der Waals surface area contributed by atoms with Crippen LogP contribution in [0.1, 0.15) is 245 Å². The van der Waals surface area contributed by atoms with Crippen LogP contribution in [-0.4, -0.2) is 37.2 Å². The molecule has 0 saturated carbocycles. The van der Waals surface area contributed by atoms with Gasteiger partial charge >= 0.3 is 17.9 Å².